The minimum atomic E-state index is -0.540. The summed E-state index contributed by atoms with van der Waals surface area (Å²) in [5, 5.41) is 3.03. The van der Waals surface area contributed by atoms with Crippen LogP contribution in [0.3, 0.4) is 0 Å². The van der Waals surface area contributed by atoms with Crippen molar-refractivity contribution in [1.82, 2.24) is 0 Å². The van der Waals surface area contributed by atoms with Gasteiger partial charge >= 0.3 is 0 Å². The first-order valence-electron chi connectivity index (χ1n) is 8.86. The van der Waals surface area contributed by atoms with Crippen LogP contribution in [-0.2, 0) is 4.79 Å². The maximum absolute atomic E-state index is 12.8. The van der Waals surface area contributed by atoms with Crippen LogP contribution in [0.5, 0.6) is 5.75 Å². The van der Waals surface area contributed by atoms with Crippen molar-refractivity contribution >= 4 is 11.6 Å². The molecule has 3 aromatic rings. The summed E-state index contributed by atoms with van der Waals surface area (Å²) in [5.74, 6) is 0.561. The molecule has 1 amide bonds. The van der Waals surface area contributed by atoms with E-state index in [4.69, 9.17) is 4.74 Å². The van der Waals surface area contributed by atoms with E-state index in [2.05, 4.69) is 5.32 Å². The van der Waals surface area contributed by atoms with E-state index in [9.17, 15) is 4.79 Å². The highest BCUT2D eigenvalue weighted by atomic mass is 16.5. The van der Waals surface area contributed by atoms with E-state index in [1.807, 2.05) is 92.7 Å². The number of hydrogen-bond donors (Lipinski definition) is 1. The van der Waals surface area contributed by atoms with E-state index in [1.54, 1.807) is 0 Å². The molecule has 0 saturated heterocycles. The van der Waals surface area contributed by atoms with Gasteiger partial charge < -0.3 is 10.1 Å². The summed E-state index contributed by atoms with van der Waals surface area (Å²) in [6.45, 7) is 3.97. The van der Waals surface area contributed by atoms with Gasteiger partial charge in [-0.2, -0.15) is 0 Å². The molecule has 3 heteroatoms. The van der Waals surface area contributed by atoms with Crippen molar-refractivity contribution in [2.24, 2.45) is 0 Å². The lowest BCUT2D eigenvalue weighted by atomic mass is 10.0. The molecule has 1 N–H and O–H groups in total. The van der Waals surface area contributed by atoms with Crippen molar-refractivity contribution < 1.29 is 9.53 Å². The molecule has 0 radical (unpaired) electrons. The number of para-hydroxylation sites is 1. The third-order valence-corrected chi connectivity index (χ3v) is 4.23. The number of aryl methyl sites for hydroxylation is 1. The number of hydrogen-bond acceptors (Lipinski definition) is 2. The van der Waals surface area contributed by atoms with Crippen LogP contribution in [0.25, 0.3) is 11.1 Å². The van der Waals surface area contributed by atoms with Crippen LogP contribution in [0.4, 0.5) is 5.69 Å². The normalized spacial score (nSPS) is 11.6. The molecule has 0 aromatic heterocycles. The molecule has 0 fully saturated rings. The van der Waals surface area contributed by atoms with Crippen LogP contribution in [-0.4, -0.2) is 12.0 Å². The number of nitrogens with one attached hydrogen (secondary N) is 1. The monoisotopic (exact) mass is 345 g/mol. The van der Waals surface area contributed by atoms with Gasteiger partial charge in [-0.15, -0.1) is 0 Å². The standard InChI is InChI=1S/C23H23NO2/c1-3-22(26-19-15-13-17(2)14-16-19)23(25)24-21-12-8-7-11-20(21)18-9-5-4-6-10-18/h4-16,22H,3H2,1-2H3,(H,24,25)/t22-/m1/s1. The van der Waals surface area contributed by atoms with E-state index in [1.165, 1.54) is 0 Å². The van der Waals surface area contributed by atoms with Crippen LogP contribution in [0, 0.1) is 6.92 Å². The highest BCUT2D eigenvalue weighted by Gasteiger charge is 2.19. The van der Waals surface area contributed by atoms with Gasteiger partial charge in [-0.1, -0.05) is 73.2 Å². The summed E-state index contributed by atoms with van der Waals surface area (Å²) >= 11 is 0. The Labute approximate surface area is 154 Å². The number of carbonyl (C=O) groups excluding carboxylic acids is 1. The van der Waals surface area contributed by atoms with Crippen LogP contribution in [0.15, 0.2) is 78.9 Å². The van der Waals surface area contributed by atoms with Gasteiger partial charge in [0.1, 0.15) is 5.75 Å². The molecule has 0 heterocycles. The number of rotatable bonds is 6. The second kappa shape index (κ2) is 8.34. The number of anilines is 1. The van der Waals surface area contributed by atoms with Crippen molar-refractivity contribution in [3.8, 4) is 16.9 Å². The van der Waals surface area contributed by atoms with Gasteiger partial charge in [0.2, 0.25) is 0 Å². The lowest BCUT2D eigenvalue weighted by Crippen LogP contribution is -2.32. The third kappa shape index (κ3) is 4.31. The molecule has 3 rings (SSSR count). The van der Waals surface area contributed by atoms with Crippen molar-refractivity contribution in [1.29, 1.82) is 0 Å². The van der Waals surface area contributed by atoms with Crippen LogP contribution >= 0.6 is 0 Å². The predicted molar refractivity (Wildman–Crippen MR) is 106 cm³/mol. The molecular weight excluding hydrogens is 322 g/mol. The zero-order valence-electron chi connectivity index (χ0n) is 15.1. The second-order valence-corrected chi connectivity index (χ2v) is 6.23. The molecule has 0 aliphatic heterocycles. The lowest BCUT2D eigenvalue weighted by molar-refractivity contribution is -0.122. The van der Waals surface area contributed by atoms with Crippen molar-refractivity contribution in [3.63, 3.8) is 0 Å². The maximum atomic E-state index is 12.8. The Bertz CT molecular complexity index is 857. The fourth-order valence-corrected chi connectivity index (χ4v) is 2.78. The van der Waals surface area contributed by atoms with E-state index >= 15 is 0 Å². The van der Waals surface area contributed by atoms with Crippen molar-refractivity contribution in [2.45, 2.75) is 26.4 Å². The van der Waals surface area contributed by atoms with Gasteiger partial charge in [0, 0.05) is 11.3 Å². The number of ether oxygens (including phenoxy) is 1. The van der Waals surface area contributed by atoms with E-state index in [0.29, 0.717) is 12.2 Å². The van der Waals surface area contributed by atoms with Gasteiger partial charge in [0.25, 0.3) is 5.91 Å². The first-order valence-corrected chi connectivity index (χ1v) is 8.86. The summed E-state index contributed by atoms with van der Waals surface area (Å²) in [7, 11) is 0. The smallest absolute Gasteiger partial charge is 0.265 e. The van der Waals surface area contributed by atoms with Crippen LogP contribution in [0.2, 0.25) is 0 Å². The summed E-state index contributed by atoms with van der Waals surface area (Å²) in [5.41, 5.74) is 4.00. The second-order valence-electron chi connectivity index (χ2n) is 6.23. The van der Waals surface area contributed by atoms with Crippen molar-refractivity contribution in [2.75, 3.05) is 5.32 Å². The summed E-state index contributed by atoms with van der Waals surface area (Å²) in [6.07, 6.45) is 0.0502. The minimum Gasteiger partial charge on any atom is -0.481 e. The molecule has 3 nitrogen and oxygen atoms in total. The van der Waals surface area contributed by atoms with E-state index < -0.39 is 6.10 Å². The van der Waals surface area contributed by atoms with Gasteiger partial charge in [-0.25, -0.2) is 0 Å². The number of benzene rings is 3. The number of amides is 1. The van der Waals surface area contributed by atoms with E-state index in [0.717, 1.165) is 22.4 Å². The zero-order chi connectivity index (χ0) is 18.4. The SMILES string of the molecule is CC[C@@H](Oc1ccc(C)cc1)C(=O)Nc1ccccc1-c1ccccc1. The maximum Gasteiger partial charge on any atom is 0.265 e. The molecule has 0 unspecified atom stereocenters. The Balaban J connectivity index is 1.77. The average Bonchev–Trinajstić information content (AvgIpc) is 2.68. The molecule has 0 aliphatic rings. The minimum absolute atomic E-state index is 0.142. The Morgan fingerprint density at radius 2 is 1.58 bits per heavy atom. The van der Waals surface area contributed by atoms with Gasteiger partial charge in [0.15, 0.2) is 6.10 Å². The van der Waals surface area contributed by atoms with Crippen LogP contribution in [0.1, 0.15) is 18.9 Å². The Hall–Kier alpha value is -3.07. The third-order valence-electron chi connectivity index (χ3n) is 4.23. The Morgan fingerprint density at radius 1 is 0.923 bits per heavy atom. The highest BCUT2D eigenvalue weighted by Crippen LogP contribution is 2.28. The Morgan fingerprint density at radius 3 is 2.27 bits per heavy atom. The molecule has 1 atom stereocenters. The summed E-state index contributed by atoms with van der Waals surface area (Å²) < 4.78 is 5.89. The zero-order valence-corrected chi connectivity index (χ0v) is 15.1. The topological polar surface area (TPSA) is 38.3 Å². The predicted octanol–water partition coefficient (Wildman–Crippen LogP) is 5.46. The van der Waals surface area contributed by atoms with Gasteiger partial charge in [-0.3, -0.25) is 4.79 Å². The molecular formula is C23H23NO2. The molecule has 132 valence electrons. The Kier molecular flexibility index (Phi) is 5.69. The molecule has 3 aromatic carbocycles. The van der Waals surface area contributed by atoms with Crippen LogP contribution < -0.4 is 10.1 Å². The number of carbonyl (C=O) groups is 1. The fourth-order valence-electron chi connectivity index (χ4n) is 2.78. The molecule has 26 heavy (non-hydrogen) atoms. The largest absolute Gasteiger partial charge is 0.481 e. The lowest BCUT2D eigenvalue weighted by Gasteiger charge is -2.19. The first-order chi connectivity index (χ1) is 12.7. The molecule has 0 spiro atoms. The van der Waals surface area contributed by atoms with Crippen molar-refractivity contribution in [3.05, 3.63) is 84.4 Å². The molecule has 0 bridgehead atoms. The summed E-state index contributed by atoms with van der Waals surface area (Å²) in [6, 6.07) is 25.6. The highest BCUT2D eigenvalue weighted by molar-refractivity contribution is 5.98. The molecule has 0 aliphatic carbocycles. The van der Waals surface area contributed by atoms with Gasteiger partial charge in [-0.05, 0) is 37.1 Å². The summed E-state index contributed by atoms with van der Waals surface area (Å²) in [4.78, 5) is 12.8. The fraction of sp³-hybridized carbons (Fsp3) is 0.174. The molecule has 0 saturated carbocycles. The van der Waals surface area contributed by atoms with E-state index in [-0.39, 0.29) is 5.91 Å². The average molecular weight is 345 g/mol. The first kappa shape index (κ1) is 17.7. The van der Waals surface area contributed by atoms with Gasteiger partial charge in [0.05, 0.1) is 0 Å². The quantitative estimate of drug-likeness (QED) is 0.644.